The molecule has 3 rings (SSSR count). The van der Waals surface area contributed by atoms with Crippen LogP contribution in [0.15, 0.2) is 35.7 Å². The third-order valence-electron chi connectivity index (χ3n) is 3.46. The average molecular weight is 292 g/mol. The van der Waals surface area contributed by atoms with E-state index in [0.717, 1.165) is 25.1 Å². The van der Waals surface area contributed by atoms with Gasteiger partial charge in [-0.05, 0) is 35.1 Å². The molecule has 0 bridgehead atoms. The Morgan fingerprint density at radius 2 is 2.16 bits per heavy atom. The minimum Gasteiger partial charge on any atom is -0.338 e. The molecule has 0 aliphatic carbocycles. The van der Waals surface area contributed by atoms with Crippen molar-refractivity contribution in [2.24, 2.45) is 0 Å². The second kappa shape index (κ2) is 5.35. The van der Waals surface area contributed by atoms with Gasteiger partial charge in [-0.25, -0.2) is 0 Å². The van der Waals surface area contributed by atoms with E-state index in [9.17, 15) is 4.79 Å². The van der Waals surface area contributed by atoms with Crippen LogP contribution < -0.4 is 0 Å². The van der Waals surface area contributed by atoms with Crippen LogP contribution in [0.5, 0.6) is 0 Å². The molecule has 19 heavy (non-hydrogen) atoms. The van der Waals surface area contributed by atoms with E-state index < -0.39 is 0 Å². The van der Waals surface area contributed by atoms with Crippen LogP contribution in [0.3, 0.4) is 0 Å². The Balaban J connectivity index is 1.71. The van der Waals surface area contributed by atoms with Crippen LogP contribution in [0, 0.1) is 0 Å². The summed E-state index contributed by atoms with van der Waals surface area (Å²) < 4.78 is 0. The summed E-state index contributed by atoms with van der Waals surface area (Å²) in [5, 5.41) is 2.77. The molecule has 0 spiro atoms. The zero-order valence-electron chi connectivity index (χ0n) is 10.4. The molecule has 4 heteroatoms. The van der Waals surface area contributed by atoms with Crippen molar-refractivity contribution in [2.75, 3.05) is 6.54 Å². The maximum absolute atomic E-state index is 12.3. The van der Waals surface area contributed by atoms with Crippen molar-refractivity contribution in [3.05, 3.63) is 56.7 Å². The molecular weight excluding hydrogens is 278 g/mol. The molecule has 2 heterocycles. The highest BCUT2D eigenvalue weighted by Gasteiger charge is 2.21. The van der Waals surface area contributed by atoms with Gasteiger partial charge in [0.05, 0.1) is 6.42 Å². The predicted molar refractivity (Wildman–Crippen MR) is 78.6 cm³/mol. The quantitative estimate of drug-likeness (QED) is 0.829. The molecule has 1 aliphatic rings. The molecule has 1 amide bonds. The molecule has 2 nitrogen and oxygen atoms in total. The molecule has 1 aromatic carbocycles. The number of benzene rings is 1. The normalized spacial score (nSPS) is 14.3. The van der Waals surface area contributed by atoms with E-state index in [2.05, 4.69) is 11.4 Å². The van der Waals surface area contributed by atoms with Gasteiger partial charge in [-0.1, -0.05) is 29.8 Å². The van der Waals surface area contributed by atoms with Gasteiger partial charge in [-0.2, -0.15) is 0 Å². The minimum absolute atomic E-state index is 0.157. The lowest BCUT2D eigenvalue weighted by molar-refractivity contribution is -0.131. The van der Waals surface area contributed by atoms with Crippen LogP contribution in [-0.2, 0) is 24.2 Å². The number of carbonyl (C=O) groups is 1. The topological polar surface area (TPSA) is 20.3 Å². The largest absolute Gasteiger partial charge is 0.338 e. The van der Waals surface area contributed by atoms with Gasteiger partial charge in [0.1, 0.15) is 0 Å². The fourth-order valence-corrected chi connectivity index (χ4v) is 3.47. The maximum Gasteiger partial charge on any atom is 0.227 e. The second-order valence-electron chi connectivity index (χ2n) is 4.70. The number of carbonyl (C=O) groups excluding carboxylic acids is 1. The smallest absolute Gasteiger partial charge is 0.227 e. The molecular formula is C15H14ClNOS. The first-order valence-electron chi connectivity index (χ1n) is 6.30. The first-order valence-corrected chi connectivity index (χ1v) is 7.56. The SMILES string of the molecule is O=C(Cc1ccccc1Cl)N1CCc2sccc2C1. The summed E-state index contributed by atoms with van der Waals surface area (Å²) in [4.78, 5) is 15.7. The van der Waals surface area contributed by atoms with Gasteiger partial charge in [0.2, 0.25) is 5.91 Å². The van der Waals surface area contributed by atoms with Gasteiger partial charge in [0, 0.05) is 23.0 Å². The van der Waals surface area contributed by atoms with Gasteiger partial charge >= 0.3 is 0 Å². The van der Waals surface area contributed by atoms with Crippen molar-refractivity contribution in [3.8, 4) is 0 Å². The lowest BCUT2D eigenvalue weighted by Crippen LogP contribution is -2.36. The number of hydrogen-bond donors (Lipinski definition) is 0. The zero-order chi connectivity index (χ0) is 13.2. The number of hydrogen-bond acceptors (Lipinski definition) is 2. The molecule has 0 atom stereocenters. The van der Waals surface area contributed by atoms with E-state index in [1.165, 1.54) is 10.4 Å². The number of rotatable bonds is 2. The van der Waals surface area contributed by atoms with E-state index in [1.54, 1.807) is 11.3 Å². The highest BCUT2D eigenvalue weighted by Crippen LogP contribution is 2.25. The first-order chi connectivity index (χ1) is 9.24. The Kier molecular flexibility index (Phi) is 3.58. The summed E-state index contributed by atoms with van der Waals surface area (Å²) in [5.41, 5.74) is 2.20. The summed E-state index contributed by atoms with van der Waals surface area (Å²) >= 11 is 7.89. The van der Waals surface area contributed by atoms with E-state index >= 15 is 0 Å². The minimum atomic E-state index is 0.157. The molecule has 1 aromatic heterocycles. The third kappa shape index (κ3) is 2.67. The zero-order valence-corrected chi connectivity index (χ0v) is 12.0. The second-order valence-corrected chi connectivity index (χ2v) is 6.11. The van der Waals surface area contributed by atoms with Crippen LogP contribution in [0.1, 0.15) is 16.0 Å². The Hall–Kier alpha value is -1.32. The fraction of sp³-hybridized carbons (Fsp3) is 0.267. The van der Waals surface area contributed by atoms with Crippen molar-refractivity contribution in [3.63, 3.8) is 0 Å². The van der Waals surface area contributed by atoms with Gasteiger partial charge in [-0.3, -0.25) is 4.79 Å². The van der Waals surface area contributed by atoms with E-state index in [4.69, 9.17) is 11.6 Å². The monoisotopic (exact) mass is 291 g/mol. The number of fused-ring (bicyclic) bond motifs is 1. The molecule has 0 unspecified atom stereocenters. The molecule has 2 aromatic rings. The van der Waals surface area contributed by atoms with E-state index in [0.29, 0.717) is 11.4 Å². The number of nitrogens with zero attached hydrogens (tertiary/aromatic N) is 1. The van der Waals surface area contributed by atoms with Crippen molar-refractivity contribution in [1.82, 2.24) is 4.90 Å². The Morgan fingerprint density at radius 1 is 1.32 bits per heavy atom. The van der Waals surface area contributed by atoms with Crippen molar-refractivity contribution >= 4 is 28.8 Å². The van der Waals surface area contributed by atoms with Gasteiger partial charge in [0.25, 0.3) is 0 Å². The molecule has 0 saturated heterocycles. The highest BCUT2D eigenvalue weighted by atomic mass is 35.5. The standard InChI is InChI=1S/C15H14ClNOS/c16-13-4-2-1-3-11(13)9-15(18)17-7-5-14-12(10-17)6-8-19-14/h1-4,6,8H,5,7,9-10H2. The van der Waals surface area contributed by atoms with Gasteiger partial charge in [0.15, 0.2) is 0 Å². The first kappa shape index (κ1) is 12.7. The number of thiophene rings is 1. The molecule has 0 saturated carbocycles. The molecule has 0 fully saturated rings. The van der Waals surface area contributed by atoms with E-state index in [-0.39, 0.29) is 5.91 Å². The Labute approximate surface area is 121 Å². The van der Waals surface area contributed by atoms with Gasteiger partial charge in [-0.15, -0.1) is 11.3 Å². The van der Waals surface area contributed by atoms with Crippen molar-refractivity contribution < 1.29 is 4.79 Å². The van der Waals surface area contributed by atoms with Crippen molar-refractivity contribution in [1.29, 1.82) is 0 Å². The summed E-state index contributed by atoms with van der Waals surface area (Å²) in [5.74, 6) is 0.157. The highest BCUT2D eigenvalue weighted by molar-refractivity contribution is 7.10. The fourth-order valence-electron chi connectivity index (χ4n) is 2.38. The Bertz CT molecular complexity index is 608. The lowest BCUT2D eigenvalue weighted by atomic mass is 10.1. The number of halogens is 1. The summed E-state index contributed by atoms with van der Waals surface area (Å²) in [7, 11) is 0. The molecule has 1 aliphatic heterocycles. The van der Waals surface area contributed by atoms with Crippen LogP contribution in [0.4, 0.5) is 0 Å². The third-order valence-corrected chi connectivity index (χ3v) is 4.85. The summed E-state index contributed by atoms with van der Waals surface area (Å²) in [6.07, 6.45) is 1.36. The average Bonchev–Trinajstić information content (AvgIpc) is 2.88. The van der Waals surface area contributed by atoms with Crippen LogP contribution >= 0.6 is 22.9 Å². The van der Waals surface area contributed by atoms with Crippen LogP contribution in [0.2, 0.25) is 5.02 Å². The van der Waals surface area contributed by atoms with Crippen LogP contribution in [0.25, 0.3) is 0 Å². The van der Waals surface area contributed by atoms with Crippen molar-refractivity contribution in [2.45, 2.75) is 19.4 Å². The van der Waals surface area contributed by atoms with Crippen LogP contribution in [-0.4, -0.2) is 17.4 Å². The lowest BCUT2D eigenvalue weighted by Gasteiger charge is -2.27. The molecule has 98 valence electrons. The Morgan fingerprint density at radius 3 is 3.00 bits per heavy atom. The maximum atomic E-state index is 12.3. The molecule has 0 radical (unpaired) electrons. The molecule has 0 N–H and O–H groups in total. The summed E-state index contributed by atoms with van der Waals surface area (Å²) in [6, 6.07) is 9.67. The summed E-state index contributed by atoms with van der Waals surface area (Å²) in [6.45, 7) is 1.55. The van der Waals surface area contributed by atoms with E-state index in [1.807, 2.05) is 29.2 Å². The van der Waals surface area contributed by atoms with Gasteiger partial charge < -0.3 is 4.90 Å². The number of amides is 1. The predicted octanol–water partition coefficient (Wildman–Crippen LogP) is 3.53.